The Bertz CT molecular complexity index is 1460. The summed E-state index contributed by atoms with van der Waals surface area (Å²) in [5.74, 6) is 1.21. The van der Waals surface area contributed by atoms with E-state index in [2.05, 4.69) is 9.97 Å². The van der Waals surface area contributed by atoms with Gasteiger partial charge in [-0.25, -0.2) is 14.6 Å². The third-order valence-electron chi connectivity index (χ3n) is 6.94. The average molecular weight is 529 g/mol. The van der Waals surface area contributed by atoms with Gasteiger partial charge in [-0.3, -0.25) is 9.59 Å². The lowest BCUT2D eigenvalue weighted by atomic mass is 10.0. The normalized spacial score (nSPS) is 16.2. The van der Waals surface area contributed by atoms with E-state index in [4.69, 9.17) is 27.0 Å². The summed E-state index contributed by atoms with van der Waals surface area (Å²) in [6.07, 6.45) is 3.88. The van der Waals surface area contributed by atoms with Crippen LogP contribution in [0.25, 0.3) is 11.0 Å². The summed E-state index contributed by atoms with van der Waals surface area (Å²) in [5.41, 5.74) is 20.0. The van der Waals surface area contributed by atoms with E-state index in [0.717, 1.165) is 35.6 Å². The molecule has 5 rings (SSSR count). The van der Waals surface area contributed by atoms with Crippen LogP contribution in [0, 0.1) is 0 Å². The number of nitrogens with two attached hydrogens (primary N) is 3. The second-order valence-electron chi connectivity index (χ2n) is 9.78. The predicted octanol–water partition coefficient (Wildman–Crippen LogP) is 2.55. The number of benzene rings is 2. The zero-order valence-electron chi connectivity index (χ0n) is 21.6. The van der Waals surface area contributed by atoms with Crippen molar-refractivity contribution in [1.29, 1.82) is 0 Å². The van der Waals surface area contributed by atoms with Crippen LogP contribution in [0.4, 0.5) is 5.82 Å². The summed E-state index contributed by atoms with van der Waals surface area (Å²) < 4.78 is 7.77. The SMILES string of the molecule is NC(=O)CC[C@H](N)C(=O)N1CCC[C@@H](n2nc(Cc3ccc(Oc4ccccc4)cc3)c3c(N)ncnc32)C1. The van der Waals surface area contributed by atoms with E-state index in [9.17, 15) is 9.59 Å². The van der Waals surface area contributed by atoms with Gasteiger partial charge in [-0.1, -0.05) is 30.3 Å². The van der Waals surface area contributed by atoms with Crippen molar-refractivity contribution >= 4 is 28.7 Å². The molecule has 1 aliphatic rings. The summed E-state index contributed by atoms with van der Waals surface area (Å²) in [7, 11) is 0. The van der Waals surface area contributed by atoms with Crippen LogP contribution in [0.1, 0.15) is 43.0 Å². The van der Waals surface area contributed by atoms with Gasteiger partial charge in [0.05, 0.1) is 23.2 Å². The van der Waals surface area contributed by atoms with Crippen molar-refractivity contribution in [3.63, 3.8) is 0 Å². The highest BCUT2D eigenvalue weighted by atomic mass is 16.5. The zero-order chi connectivity index (χ0) is 27.4. The van der Waals surface area contributed by atoms with Crippen LogP contribution >= 0.6 is 0 Å². The van der Waals surface area contributed by atoms with E-state index < -0.39 is 11.9 Å². The maximum absolute atomic E-state index is 13.0. The summed E-state index contributed by atoms with van der Waals surface area (Å²) in [6, 6.07) is 16.6. The highest BCUT2D eigenvalue weighted by Crippen LogP contribution is 2.30. The predicted molar refractivity (Wildman–Crippen MR) is 147 cm³/mol. The van der Waals surface area contributed by atoms with Crippen molar-refractivity contribution < 1.29 is 14.3 Å². The molecule has 0 bridgehead atoms. The largest absolute Gasteiger partial charge is 0.457 e. The first kappa shape index (κ1) is 26.1. The number of rotatable bonds is 9. The monoisotopic (exact) mass is 528 g/mol. The van der Waals surface area contributed by atoms with E-state index in [0.29, 0.717) is 36.4 Å². The number of hydrogen-bond acceptors (Lipinski definition) is 8. The van der Waals surface area contributed by atoms with Gasteiger partial charge in [-0.05, 0) is 49.1 Å². The first-order chi connectivity index (χ1) is 18.9. The van der Waals surface area contributed by atoms with Gasteiger partial charge in [0.2, 0.25) is 11.8 Å². The van der Waals surface area contributed by atoms with Gasteiger partial charge >= 0.3 is 0 Å². The van der Waals surface area contributed by atoms with Crippen molar-refractivity contribution in [2.45, 2.75) is 44.2 Å². The summed E-state index contributed by atoms with van der Waals surface area (Å²) >= 11 is 0. The Morgan fingerprint density at radius 1 is 1.05 bits per heavy atom. The number of nitrogen functional groups attached to an aromatic ring is 1. The molecule has 1 aliphatic heterocycles. The number of piperidine rings is 1. The Balaban J connectivity index is 1.35. The molecule has 39 heavy (non-hydrogen) atoms. The van der Waals surface area contributed by atoms with Gasteiger partial charge in [0.1, 0.15) is 23.6 Å². The van der Waals surface area contributed by atoms with Crippen molar-refractivity contribution in [1.82, 2.24) is 24.6 Å². The average Bonchev–Trinajstić information content (AvgIpc) is 3.32. The maximum atomic E-state index is 13.0. The fourth-order valence-electron chi connectivity index (χ4n) is 4.95. The van der Waals surface area contributed by atoms with Crippen molar-refractivity contribution in [3.8, 4) is 11.5 Å². The molecule has 3 heterocycles. The maximum Gasteiger partial charge on any atom is 0.239 e. The number of para-hydroxylation sites is 1. The molecule has 2 amide bonds. The van der Waals surface area contributed by atoms with Crippen LogP contribution < -0.4 is 21.9 Å². The highest BCUT2D eigenvalue weighted by Gasteiger charge is 2.30. The van der Waals surface area contributed by atoms with Crippen LogP contribution in [0.15, 0.2) is 60.9 Å². The molecule has 0 saturated carbocycles. The van der Waals surface area contributed by atoms with Gasteiger partial charge in [0.25, 0.3) is 0 Å². The molecule has 2 aromatic carbocycles. The molecule has 0 unspecified atom stereocenters. The van der Waals surface area contributed by atoms with Crippen molar-refractivity contribution in [2.75, 3.05) is 18.8 Å². The molecular formula is C28H32N8O3. The lowest BCUT2D eigenvalue weighted by Crippen LogP contribution is -2.48. The van der Waals surface area contributed by atoms with Gasteiger partial charge in [0, 0.05) is 25.9 Å². The summed E-state index contributed by atoms with van der Waals surface area (Å²) in [6.45, 7) is 1.04. The van der Waals surface area contributed by atoms with Crippen LogP contribution in [-0.2, 0) is 16.0 Å². The minimum Gasteiger partial charge on any atom is -0.457 e. The third-order valence-corrected chi connectivity index (χ3v) is 6.94. The molecule has 11 heteroatoms. The van der Waals surface area contributed by atoms with Crippen molar-refractivity contribution in [3.05, 3.63) is 72.2 Å². The standard InChI is InChI=1S/C28H32N8O3/c29-22(12-13-24(30)37)28(38)35-14-4-5-19(16-35)36-27-25(26(31)32-17-33-27)23(34-36)15-18-8-10-21(11-9-18)39-20-6-2-1-3-7-20/h1-3,6-11,17,19,22H,4-5,12-16,29H2,(H2,30,37)(H2,31,32,33)/t19-,22+/m1/s1. The summed E-state index contributed by atoms with van der Waals surface area (Å²) in [4.78, 5) is 34.5. The smallest absolute Gasteiger partial charge is 0.239 e. The Morgan fingerprint density at radius 2 is 1.79 bits per heavy atom. The Labute approximate surface area is 225 Å². The fourth-order valence-corrected chi connectivity index (χ4v) is 4.95. The fraction of sp³-hybridized carbons (Fsp3) is 0.321. The molecule has 1 saturated heterocycles. The molecular weight excluding hydrogens is 496 g/mol. The minimum atomic E-state index is -0.770. The molecule has 0 radical (unpaired) electrons. The number of likely N-dealkylation sites (tertiary alicyclic amines) is 1. The quantitative estimate of drug-likeness (QED) is 0.298. The zero-order valence-corrected chi connectivity index (χ0v) is 21.6. The van der Waals surface area contributed by atoms with Gasteiger partial charge in [0.15, 0.2) is 5.65 Å². The number of anilines is 1. The molecule has 4 aromatic rings. The van der Waals surface area contributed by atoms with E-state index in [1.165, 1.54) is 6.33 Å². The molecule has 202 valence electrons. The molecule has 0 spiro atoms. The molecule has 2 atom stereocenters. The van der Waals surface area contributed by atoms with Crippen LogP contribution in [0.2, 0.25) is 0 Å². The Kier molecular flexibility index (Phi) is 7.69. The van der Waals surface area contributed by atoms with Crippen LogP contribution in [0.5, 0.6) is 11.5 Å². The number of nitrogens with zero attached hydrogens (tertiary/aromatic N) is 5. The second-order valence-corrected chi connectivity index (χ2v) is 9.78. The number of hydrogen-bond donors (Lipinski definition) is 3. The number of fused-ring (bicyclic) bond motifs is 1. The second kappa shape index (κ2) is 11.5. The minimum absolute atomic E-state index is 0.0763. The Hall–Kier alpha value is -4.51. The molecule has 1 fully saturated rings. The van der Waals surface area contributed by atoms with E-state index in [-0.39, 0.29) is 24.8 Å². The van der Waals surface area contributed by atoms with Crippen LogP contribution in [-0.4, -0.2) is 55.6 Å². The van der Waals surface area contributed by atoms with Crippen molar-refractivity contribution in [2.24, 2.45) is 11.5 Å². The molecule has 2 aromatic heterocycles. The summed E-state index contributed by atoms with van der Waals surface area (Å²) in [5, 5.41) is 5.64. The van der Waals surface area contributed by atoms with Gasteiger partial charge in [-0.2, -0.15) is 5.10 Å². The Morgan fingerprint density at radius 3 is 2.54 bits per heavy atom. The number of carbonyl (C=O) groups excluding carboxylic acids is 2. The number of ether oxygens (including phenoxy) is 1. The first-order valence-electron chi connectivity index (χ1n) is 13.0. The lowest BCUT2D eigenvalue weighted by molar-refractivity contribution is -0.134. The van der Waals surface area contributed by atoms with E-state index in [1.807, 2.05) is 59.3 Å². The molecule has 11 nitrogen and oxygen atoms in total. The number of amides is 2. The molecule has 0 aliphatic carbocycles. The van der Waals surface area contributed by atoms with Gasteiger partial charge < -0.3 is 26.8 Å². The molecule has 6 N–H and O–H groups in total. The van der Waals surface area contributed by atoms with Crippen LogP contribution in [0.3, 0.4) is 0 Å². The topological polar surface area (TPSA) is 168 Å². The van der Waals surface area contributed by atoms with E-state index >= 15 is 0 Å². The third kappa shape index (κ3) is 5.99. The first-order valence-corrected chi connectivity index (χ1v) is 13.0. The number of aromatic nitrogens is 4. The number of carbonyl (C=O) groups is 2. The lowest BCUT2D eigenvalue weighted by Gasteiger charge is -2.34. The highest BCUT2D eigenvalue weighted by molar-refractivity contribution is 5.88. The van der Waals surface area contributed by atoms with E-state index in [1.54, 1.807) is 4.90 Å². The number of primary amides is 1. The van der Waals surface area contributed by atoms with Gasteiger partial charge in [-0.15, -0.1) is 0 Å².